The lowest BCUT2D eigenvalue weighted by Gasteiger charge is -2.33. The molecule has 0 spiro atoms. The highest BCUT2D eigenvalue weighted by Gasteiger charge is 2.35. The van der Waals surface area contributed by atoms with E-state index in [1.807, 2.05) is 0 Å². The largest absolute Gasteiger partial charge is 0.495 e. The van der Waals surface area contributed by atoms with E-state index in [0.29, 0.717) is 30.8 Å². The number of methoxy groups -OCH3 is 1. The van der Waals surface area contributed by atoms with Crippen molar-refractivity contribution in [1.29, 1.82) is 0 Å². The van der Waals surface area contributed by atoms with Crippen molar-refractivity contribution < 1.29 is 31.1 Å². The lowest BCUT2D eigenvalue weighted by Crippen LogP contribution is -2.49. The number of anilines is 1. The number of piperidine rings is 1. The SMILES string of the molecule is COc1ccccc1N(CC(F)(F)F)C(=O)CN1CCC(NS(C)(=O)=O)CC1. The van der Waals surface area contributed by atoms with Gasteiger partial charge in [-0.15, -0.1) is 0 Å². The summed E-state index contributed by atoms with van der Waals surface area (Å²) in [6.07, 6.45) is -2.53. The molecule has 0 aliphatic carbocycles. The molecule has 0 aromatic heterocycles. The van der Waals surface area contributed by atoms with Crippen molar-refractivity contribution in [2.75, 3.05) is 44.4 Å². The van der Waals surface area contributed by atoms with E-state index in [1.54, 1.807) is 11.0 Å². The van der Waals surface area contributed by atoms with Crippen LogP contribution < -0.4 is 14.4 Å². The highest BCUT2D eigenvalue weighted by molar-refractivity contribution is 7.88. The predicted octanol–water partition coefficient (Wildman–Crippen LogP) is 1.60. The maximum absolute atomic E-state index is 13.1. The van der Waals surface area contributed by atoms with Gasteiger partial charge in [0.2, 0.25) is 15.9 Å². The van der Waals surface area contributed by atoms with Crippen LogP contribution in [-0.2, 0) is 14.8 Å². The summed E-state index contributed by atoms with van der Waals surface area (Å²) >= 11 is 0. The van der Waals surface area contributed by atoms with Gasteiger partial charge in [0.25, 0.3) is 0 Å². The number of amides is 1. The Bertz CT molecular complexity index is 778. The number of halogens is 3. The number of carbonyl (C=O) groups excluding carboxylic acids is 1. The monoisotopic (exact) mass is 423 g/mol. The molecule has 0 unspecified atom stereocenters. The number of nitrogens with one attached hydrogen (secondary N) is 1. The first-order valence-corrected chi connectivity index (χ1v) is 10.6. The second kappa shape index (κ2) is 9.10. The summed E-state index contributed by atoms with van der Waals surface area (Å²) in [6.45, 7) is -0.798. The number of hydrogen-bond acceptors (Lipinski definition) is 5. The Kier molecular flexibility index (Phi) is 7.29. The number of sulfonamides is 1. The molecule has 1 amide bonds. The molecule has 1 aliphatic rings. The zero-order valence-corrected chi connectivity index (χ0v) is 16.5. The summed E-state index contributed by atoms with van der Waals surface area (Å²) in [5, 5.41) is 0. The fraction of sp³-hybridized carbons (Fsp3) is 0.588. The molecule has 1 saturated heterocycles. The minimum atomic E-state index is -4.57. The molecular formula is C17H24F3N3O4S. The Labute approximate surface area is 162 Å². The maximum atomic E-state index is 13.1. The van der Waals surface area contributed by atoms with Gasteiger partial charge in [-0.3, -0.25) is 14.6 Å². The summed E-state index contributed by atoms with van der Waals surface area (Å²) < 4.78 is 69.4. The van der Waals surface area contributed by atoms with Gasteiger partial charge in [-0.05, 0) is 25.0 Å². The average Bonchev–Trinajstić information content (AvgIpc) is 2.59. The van der Waals surface area contributed by atoms with Gasteiger partial charge in [0, 0.05) is 19.1 Å². The summed E-state index contributed by atoms with van der Waals surface area (Å²) in [7, 11) is -2.00. The van der Waals surface area contributed by atoms with Crippen molar-refractivity contribution in [3.05, 3.63) is 24.3 Å². The summed E-state index contributed by atoms with van der Waals surface area (Å²) in [5.41, 5.74) is 0.0564. The van der Waals surface area contributed by atoms with Crippen molar-refractivity contribution in [2.24, 2.45) is 0 Å². The quantitative estimate of drug-likeness (QED) is 0.721. The number of alkyl halides is 3. The molecule has 1 heterocycles. The topological polar surface area (TPSA) is 79.0 Å². The fourth-order valence-electron chi connectivity index (χ4n) is 3.13. The molecule has 1 aromatic carbocycles. The van der Waals surface area contributed by atoms with Crippen LogP contribution in [0.3, 0.4) is 0 Å². The minimum Gasteiger partial charge on any atom is -0.495 e. The second-order valence-corrected chi connectivity index (χ2v) is 8.49. The molecular weight excluding hydrogens is 399 g/mol. The fourth-order valence-corrected chi connectivity index (χ4v) is 3.97. The lowest BCUT2D eigenvalue weighted by atomic mass is 10.1. The van der Waals surface area contributed by atoms with Gasteiger partial charge in [-0.25, -0.2) is 13.1 Å². The molecule has 1 aromatic rings. The standard InChI is InChI=1S/C17H24F3N3O4S/c1-27-15-6-4-3-5-14(15)23(12-17(18,19)20)16(24)11-22-9-7-13(8-10-22)21-28(2,25)26/h3-6,13,21H,7-12H2,1-2H3. The molecule has 1 N–H and O–H groups in total. The summed E-state index contributed by atoms with van der Waals surface area (Å²) in [5.74, 6) is -0.521. The number of ether oxygens (including phenoxy) is 1. The van der Waals surface area contributed by atoms with Crippen molar-refractivity contribution >= 4 is 21.6 Å². The summed E-state index contributed by atoms with van der Waals surface area (Å²) in [6, 6.07) is 5.82. The van der Waals surface area contributed by atoms with E-state index in [1.165, 1.54) is 25.3 Å². The smallest absolute Gasteiger partial charge is 0.406 e. The van der Waals surface area contributed by atoms with Crippen LogP contribution in [0, 0.1) is 0 Å². The number of rotatable bonds is 7. The Morgan fingerprint density at radius 3 is 2.43 bits per heavy atom. The highest BCUT2D eigenvalue weighted by Crippen LogP contribution is 2.30. The Morgan fingerprint density at radius 2 is 1.89 bits per heavy atom. The van der Waals surface area contributed by atoms with E-state index in [2.05, 4.69) is 4.72 Å². The molecule has 0 bridgehead atoms. The van der Waals surface area contributed by atoms with Crippen LogP contribution in [-0.4, -0.2) is 71.0 Å². The van der Waals surface area contributed by atoms with Gasteiger partial charge in [0.05, 0.1) is 25.6 Å². The number of carbonyl (C=O) groups is 1. The van der Waals surface area contributed by atoms with Gasteiger partial charge < -0.3 is 4.74 Å². The van der Waals surface area contributed by atoms with E-state index in [9.17, 15) is 26.4 Å². The zero-order chi connectivity index (χ0) is 20.9. The number of benzene rings is 1. The molecule has 158 valence electrons. The molecule has 0 radical (unpaired) electrons. The molecule has 0 saturated carbocycles. The summed E-state index contributed by atoms with van der Waals surface area (Å²) in [4.78, 5) is 15.1. The van der Waals surface area contributed by atoms with E-state index in [4.69, 9.17) is 4.74 Å². The van der Waals surface area contributed by atoms with Gasteiger partial charge in [-0.1, -0.05) is 12.1 Å². The number of likely N-dealkylation sites (tertiary alicyclic amines) is 1. The highest BCUT2D eigenvalue weighted by atomic mass is 32.2. The third kappa shape index (κ3) is 6.95. The van der Waals surface area contributed by atoms with Crippen molar-refractivity contribution in [1.82, 2.24) is 9.62 Å². The predicted molar refractivity (Wildman–Crippen MR) is 98.8 cm³/mol. The van der Waals surface area contributed by atoms with Crippen LogP contribution in [0.25, 0.3) is 0 Å². The Balaban J connectivity index is 2.07. The first-order chi connectivity index (χ1) is 13.0. The van der Waals surface area contributed by atoms with E-state index in [0.717, 1.165) is 6.26 Å². The van der Waals surface area contributed by atoms with Crippen LogP contribution in [0.5, 0.6) is 5.75 Å². The van der Waals surface area contributed by atoms with E-state index >= 15 is 0 Å². The zero-order valence-electron chi connectivity index (χ0n) is 15.7. The third-order valence-electron chi connectivity index (χ3n) is 4.34. The lowest BCUT2D eigenvalue weighted by molar-refractivity contribution is -0.133. The minimum absolute atomic E-state index is 0.0564. The van der Waals surface area contributed by atoms with Gasteiger partial charge in [-0.2, -0.15) is 13.2 Å². The van der Waals surface area contributed by atoms with E-state index < -0.39 is 28.7 Å². The van der Waals surface area contributed by atoms with Crippen LogP contribution in [0.4, 0.5) is 18.9 Å². The molecule has 28 heavy (non-hydrogen) atoms. The van der Waals surface area contributed by atoms with Gasteiger partial charge in [0.1, 0.15) is 12.3 Å². The van der Waals surface area contributed by atoms with Crippen molar-refractivity contribution in [3.8, 4) is 5.75 Å². The molecule has 11 heteroatoms. The van der Waals surface area contributed by atoms with Crippen LogP contribution in [0.2, 0.25) is 0 Å². The third-order valence-corrected chi connectivity index (χ3v) is 5.10. The first-order valence-electron chi connectivity index (χ1n) is 8.68. The molecule has 1 aliphatic heterocycles. The Hall–Kier alpha value is -1.85. The average molecular weight is 423 g/mol. The van der Waals surface area contributed by atoms with Gasteiger partial charge >= 0.3 is 6.18 Å². The molecule has 0 atom stereocenters. The molecule has 7 nitrogen and oxygen atoms in total. The number of nitrogens with zero attached hydrogens (tertiary/aromatic N) is 2. The second-order valence-electron chi connectivity index (χ2n) is 6.71. The number of hydrogen-bond donors (Lipinski definition) is 1. The Morgan fingerprint density at radius 1 is 1.29 bits per heavy atom. The molecule has 2 rings (SSSR count). The maximum Gasteiger partial charge on any atom is 0.406 e. The van der Waals surface area contributed by atoms with Crippen LogP contribution in [0.15, 0.2) is 24.3 Å². The van der Waals surface area contributed by atoms with Crippen LogP contribution in [0.1, 0.15) is 12.8 Å². The van der Waals surface area contributed by atoms with Crippen molar-refractivity contribution in [3.63, 3.8) is 0 Å². The normalized spacial score (nSPS) is 16.8. The molecule has 1 fully saturated rings. The van der Waals surface area contributed by atoms with E-state index in [-0.39, 0.29) is 24.0 Å². The van der Waals surface area contributed by atoms with Crippen LogP contribution >= 0.6 is 0 Å². The van der Waals surface area contributed by atoms with Crippen molar-refractivity contribution in [2.45, 2.75) is 25.1 Å². The first kappa shape index (κ1) is 22.4. The number of para-hydroxylation sites is 2. The van der Waals surface area contributed by atoms with Gasteiger partial charge in [0.15, 0.2) is 0 Å².